The van der Waals surface area contributed by atoms with Crippen LogP contribution in [0.5, 0.6) is 0 Å². The largest absolute Gasteiger partial charge is 0.411 e. The smallest absolute Gasteiger partial charge is 0.183 e. The van der Waals surface area contributed by atoms with E-state index in [2.05, 4.69) is 11.7 Å². The number of oxime groups is 1. The summed E-state index contributed by atoms with van der Waals surface area (Å²) in [6.45, 7) is 3.55. The van der Waals surface area contributed by atoms with Crippen molar-refractivity contribution in [3.8, 4) is 0 Å². The monoisotopic (exact) mass is 153 g/mol. The van der Waals surface area contributed by atoms with Gasteiger partial charge in [0.05, 0.1) is 0 Å². The zero-order chi connectivity index (χ0) is 8.27. The second-order valence-corrected chi connectivity index (χ2v) is 2.67. The lowest BCUT2D eigenvalue weighted by Crippen LogP contribution is -2.12. The van der Waals surface area contributed by atoms with Crippen LogP contribution in [0, 0.1) is 5.92 Å². The SMILES string of the molecule is C=CCC1CCC(=NO)C1=O. The van der Waals surface area contributed by atoms with Gasteiger partial charge in [-0.3, -0.25) is 4.79 Å². The molecule has 3 heteroatoms. The minimum atomic E-state index is -0.0209. The second kappa shape index (κ2) is 3.32. The van der Waals surface area contributed by atoms with Crippen molar-refractivity contribution < 1.29 is 10.0 Å². The quantitative estimate of drug-likeness (QED) is 0.370. The number of ketones is 1. The highest BCUT2D eigenvalue weighted by molar-refractivity contribution is 6.42. The van der Waals surface area contributed by atoms with E-state index in [1.807, 2.05) is 0 Å². The van der Waals surface area contributed by atoms with Crippen molar-refractivity contribution in [1.82, 2.24) is 0 Å². The summed E-state index contributed by atoms with van der Waals surface area (Å²) in [7, 11) is 0. The van der Waals surface area contributed by atoms with Crippen LogP contribution in [0.2, 0.25) is 0 Å². The van der Waals surface area contributed by atoms with Gasteiger partial charge in [-0.1, -0.05) is 11.2 Å². The normalized spacial score (nSPS) is 27.8. The average molecular weight is 153 g/mol. The van der Waals surface area contributed by atoms with Crippen LogP contribution in [-0.4, -0.2) is 16.7 Å². The van der Waals surface area contributed by atoms with E-state index in [4.69, 9.17) is 5.21 Å². The zero-order valence-electron chi connectivity index (χ0n) is 6.29. The molecule has 1 atom stereocenters. The van der Waals surface area contributed by atoms with Crippen LogP contribution in [0.3, 0.4) is 0 Å². The molecule has 0 bridgehead atoms. The Balaban J connectivity index is 2.63. The van der Waals surface area contributed by atoms with Crippen molar-refractivity contribution >= 4 is 11.5 Å². The molecule has 1 saturated carbocycles. The highest BCUT2D eigenvalue weighted by atomic mass is 16.4. The van der Waals surface area contributed by atoms with Crippen LogP contribution in [0.1, 0.15) is 19.3 Å². The van der Waals surface area contributed by atoms with E-state index in [-0.39, 0.29) is 11.7 Å². The molecular weight excluding hydrogens is 142 g/mol. The molecule has 0 aliphatic heterocycles. The highest BCUT2D eigenvalue weighted by Crippen LogP contribution is 2.22. The maximum Gasteiger partial charge on any atom is 0.183 e. The predicted molar refractivity (Wildman–Crippen MR) is 41.8 cm³/mol. The fourth-order valence-corrected chi connectivity index (χ4v) is 1.33. The number of Topliss-reactive ketones (excluding diaryl/α,β-unsaturated/α-hetero) is 1. The van der Waals surface area contributed by atoms with Crippen LogP contribution >= 0.6 is 0 Å². The molecule has 1 aliphatic carbocycles. The Morgan fingerprint density at radius 2 is 2.55 bits per heavy atom. The standard InChI is InChI=1S/C8H11NO2/c1-2-3-6-4-5-7(9-11)8(6)10/h2,6,11H,1,3-5H2. The van der Waals surface area contributed by atoms with Crippen LogP contribution in [-0.2, 0) is 4.79 Å². The van der Waals surface area contributed by atoms with E-state index in [0.717, 1.165) is 6.42 Å². The number of allylic oxidation sites excluding steroid dienone is 1. The van der Waals surface area contributed by atoms with E-state index >= 15 is 0 Å². The molecule has 0 radical (unpaired) electrons. The Labute approximate surface area is 65.4 Å². The lowest BCUT2D eigenvalue weighted by Gasteiger charge is -1.99. The maximum atomic E-state index is 11.2. The summed E-state index contributed by atoms with van der Waals surface area (Å²) >= 11 is 0. The van der Waals surface area contributed by atoms with Crippen LogP contribution in [0.4, 0.5) is 0 Å². The van der Waals surface area contributed by atoms with Gasteiger partial charge in [-0.2, -0.15) is 0 Å². The number of hydrogen-bond donors (Lipinski definition) is 1. The average Bonchev–Trinajstić information content (AvgIpc) is 2.34. The predicted octanol–water partition coefficient (Wildman–Crippen LogP) is 1.37. The Bertz CT molecular complexity index is 208. The Hall–Kier alpha value is -1.12. The molecule has 0 spiro atoms. The van der Waals surface area contributed by atoms with Crippen LogP contribution in [0.25, 0.3) is 0 Å². The molecule has 3 nitrogen and oxygen atoms in total. The molecule has 0 aromatic carbocycles. The van der Waals surface area contributed by atoms with Gasteiger partial charge < -0.3 is 5.21 Å². The van der Waals surface area contributed by atoms with Crippen LogP contribution in [0.15, 0.2) is 17.8 Å². The Kier molecular flexibility index (Phi) is 2.41. The first kappa shape index (κ1) is 7.98. The summed E-state index contributed by atoms with van der Waals surface area (Å²) in [4.78, 5) is 11.2. The lowest BCUT2D eigenvalue weighted by atomic mass is 10.0. The third kappa shape index (κ3) is 1.48. The fourth-order valence-electron chi connectivity index (χ4n) is 1.33. The van der Waals surface area contributed by atoms with Gasteiger partial charge in [0.25, 0.3) is 0 Å². The first-order valence-electron chi connectivity index (χ1n) is 3.65. The topological polar surface area (TPSA) is 49.7 Å². The number of rotatable bonds is 2. The van der Waals surface area contributed by atoms with Gasteiger partial charge in [-0.05, 0) is 19.3 Å². The zero-order valence-corrected chi connectivity index (χ0v) is 6.29. The first-order valence-corrected chi connectivity index (χ1v) is 3.65. The molecule has 1 aliphatic rings. The summed E-state index contributed by atoms with van der Waals surface area (Å²) in [5.74, 6) is -0.00852. The molecule has 1 unspecified atom stereocenters. The van der Waals surface area contributed by atoms with Gasteiger partial charge in [-0.25, -0.2) is 0 Å². The molecule has 0 aromatic heterocycles. The third-order valence-electron chi connectivity index (χ3n) is 1.96. The summed E-state index contributed by atoms with van der Waals surface area (Å²) in [5, 5.41) is 11.3. The van der Waals surface area contributed by atoms with E-state index in [1.165, 1.54) is 0 Å². The molecule has 0 aromatic rings. The molecular formula is C8H11NO2. The van der Waals surface area contributed by atoms with Crippen LogP contribution < -0.4 is 0 Å². The van der Waals surface area contributed by atoms with Gasteiger partial charge in [0.2, 0.25) is 0 Å². The summed E-state index contributed by atoms with van der Waals surface area (Å²) < 4.78 is 0. The van der Waals surface area contributed by atoms with Gasteiger partial charge in [-0.15, -0.1) is 6.58 Å². The van der Waals surface area contributed by atoms with Crippen molar-refractivity contribution in [2.45, 2.75) is 19.3 Å². The van der Waals surface area contributed by atoms with Crippen molar-refractivity contribution in [3.05, 3.63) is 12.7 Å². The van der Waals surface area contributed by atoms with E-state index < -0.39 is 0 Å². The Morgan fingerprint density at radius 1 is 1.82 bits per heavy atom. The molecule has 0 saturated heterocycles. The molecule has 0 heterocycles. The first-order chi connectivity index (χ1) is 5.29. The number of carbonyl (C=O) groups excluding carboxylic acids is 1. The van der Waals surface area contributed by atoms with E-state index in [0.29, 0.717) is 18.6 Å². The molecule has 1 fully saturated rings. The molecule has 11 heavy (non-hydrogen) atoms. The van der Waals surface area contributed by atoms with Gasteiger partial charge in [0.15, 0.2) is 5.78 Å². The maximum absolute atomic E-state index is 11.2. The van der Waals surface area contributed by atoms with Crippen molar-refractivity contribution in [3.63, 3.8) is 0 Å². The van der Waals surface area contributed by atoms with Gasteiger partial charge in [0.1, 0.15) is 5.71 Å². The van der Waals surface area contributed by atoms with Crippen molar-refractivity contribution in [2.75, 3.05) is 0 Å². The Morgan fingerprint density at radius 3 is 3.00 bits per heavy atom. The minimum absolute atomic E-state index is 0.0124. The summed E-state index contributed by atoms with van der Waals surface area (Å²) in [6.07, 6.45) is 3.82. The van der Waals surface area contributed by atoms with Crippen molar-refractivity contribution in [1.29, 1.82) is 0 Å². The number of nitrogens with zero attached hydrogens (tertiary/aromatic N) is 1. The molecule has 60 valence electrons. The molecule has 1 N–H and O–H groups in total. The van der Waals surface area contributed by atoms with Crippen molar-refractivity contribution in [2.24, 2.45) is 11.1 Å². The summed E-state index contributed by atoms with van der Waals surface area (Å²) in [5.41, 5.74) is 0.317. The molecule has 1 rings (SSSR count). The minimum Gasteiger partial charge on any atom is -0.411 e. The lowest BCUT2D eigenvalue weighted by molar-refractivity contribution is -0.115. The molecule has 0 amide bonds. The number of carbonyl (C=O) groups is 1. The highest BCUT2D eigenvalue weighted by Gasteiger charge is 2.29. The summed E-state index contributed by atoms with van der Waals surface area (Å²) in [6, 6.07) is 0. The van der Waals surface area contributed by atoms with Gasteiger partial charge in [0, 0.05) is 5.92 Å². The second-order valence-electron chi connectivity index (χ2n) is 2.67. The third-order valence-corrected chi connectivity index (χ3v) is 1.96. The van der Waals surface area contributed by atoms with E-state index in [9.17, 15) is 4.79 Å². The van der Waals surface area contributed by atoms with Gasteiger partial charge >= 0.3 is 0 Å². The fraction of sp³-hybridized carbons (Fsp3) is 0.500. The number of hydrogen-bond acceptors (Lipinski definition) is 3. The van der Waals surface area contributed by atoms with E-state index in [1.54, 1.807) is 6.08 Å².